The molecule has 0 aliphatic heterocycles. The maximum Gasteiger partial charge on any atom is 0.0655 e. The van der Waals surface area contributed by atoms with Gasteiger partial charge in [0.2, 0.25) is 0 Å². The molecule has 0 aromatic rings. The molecule has 8 heavy (non-hydrogen) atoms. The second-order valence-electron chi connectivity index (χ2n) is 1.44. The summed E-state index contributed by atoms with van der Waals surface area (Å²) >= 11 is 3.14. The quantitative estimate of drug-likeness (QED) is 0.601. The van der Waals surface area contributed by atoms with Crippen molar-refractivity contribution >= 4 is 15.9 Å². The molecule has 0 N–H and O–H groups in total. The predicted molar refractivity (Wildman–Crippen MR) is 39.2 cm³/mol. The van der Waals surface area contributed by atoms with Crippen molar-refractivity contribution in [3.8, 4) is 0 Å². The Morgan fingerprint density at radius 2 is 2.38 bits per heavy atom. The standard InChI is InChI=1S/C6H11BrO/c1-2-5-8-6-3-4-7/h3-4H,2,5-6H2,1H3/b4-3-. The summed E-state index contributed by atoms with van der Waals surface area (Å²) in [5.74, 6) is 0. The van der Waals surface area contributed by atoms with E-state index in [4.69, 9.17) is 4.74 Å². The molecule has 48 valence electrons. The SMILES string of the molecule is CCCOC/C=C\Br. The first-order valence-electron chi connectivity index (χ1n) is 2.74. The zero-order chi connectivity index (χ0) is 6.24. The Balaban J connectivity index is 2.72. The van der Waals surface area contributed by atoms with Crippen LogP contribution in [0.25, 0.3) is 0 Å². The normalized spacial score (nSPS) is 10.8. The summed E-state index contributed by atoms with van der Waals surface area (Å²) in [6, 6.07) is 0. The van der Waals surface area contributed by atoms with Gasteiger partial charge in [-0.05, 0) is 11.4 Å². The summed E-state index contributed by atoms with van der Waals surface area (Å²) in [6.45, 7) is 3.67. The number of rotatable bonds is 4. The highest BCUT2D eigenvalue weighted by atomic mass is 79.9. The van der Waals surface area contributed by atoms with Gasteiger partial charge in [-0.3, -0.25) is 0 Å². The molecule has 0 aromatic carbocycles. The highest BCUT2D eigenvalue weighted by Crippen LogP contribution is 1.84. The van der Waals surface area contributed by atoms with Gasteiger partial charge in [-0.2, -0.15) is 0 Å². The van der Waals surface area contributed by atoms with Gasteiger partial charge in [-0.25, -0.2) is 0 Å². The summed E-state index contributed by atoms with van der Waals surface area (Å²) in [7, 11) is 0. The van der Waals surface area contributed by atoms with E-state index in [9.17, 15) is 0 Å². The number of hydrogen-bond donors (Lipinski definition) is 0. The number of ether oxygens (including phenoxy) is 1. The molecule has 1 nitrogen and oxygen atoms in total. The smallest absolute Gasteiger partial charge is 0.0655 e. The molecule has 0 saturated heterocycles. The molecular formula is C6H11BrO. The molecule has 0 rings (SSSR count). The highest BCUT2D eigenvalue weighted by molar-refractivity contribution is 9.11. The molecule has 0 heterocycles. The van der Waals surface area contributed by atoms with Crippen LogP contribution in [0.5, 0.6) is 0 Å². The third-order valence-electron chi connectivity index (χ3n) is 0.652. The Kier molecular flexibility index (Phi) is 7.34. The second kappa shape index (κ2) is 7.18. The van der Waals surface area contributed by atoms with Crippen molar-refractivity contribution in [1.29, 1.82) is 0 Å². The van der Waals surface area contributed by atoms with Crippen molar-refractivity contribution in [3.05, 3.63) is 11.1 Å². The molecule has 0 aliphatic carbocycles. The van der Waals surface area contributed by atoms with Crippen LogP contribution >= 0.6 is 15.9 Å². The van der Waals surface area contributed by atoms with Gasteiger partial charge in [-0.15, -0.1) is 0 Å². The molecule has 0 fully saturated rings. The Hall–Kier alpha value is 0.180. The van der Waals surface area contributed by atoms with Crippen LogP contribution in [0.2, 0.25) is 0 Å². The van der Waals surface area contributed by atoms with Gasteiger partial charge in [-0.1, -0.05) is 28.9 Å². The van der Waals surface area contributed by atoms with Crippen LogP contribution in [0, 0.1) is 0 Å². The summed E-state index contributed by atoms with van der Waals surface area (Å²) in [4.78, 5) is 1.81. The molecule has 0 aliphatic rings. The van der Waals surface area contributed by atoms with E-state index in [1.54, 1.807) is 0 Å². The largest absolute Gasteiger partial charge is 0.377 e. The van der Waals surface area contributed by atoms with Gasteiger partial charge in [0.25, 0.3) is 0 Å². The van der Waals surface area contributed by atoms with E-state index < -0.39 is 0 Å². The lowest BCUT2D eigenvalue weighted by Gasteiger charge is -1.93. The third kappa shape index (κ3) is 6.18. The van der Waals surface area contributed by atoms with E-state index in [1.807, 2.05) is 11.1 Å². The number of hydrogen-bond acceptors (Lipinski definition) is 1. The molecule has 0 aromatic heterocycles. The van der Waals surface area contributed by atoms with Crippen molar-refractivity contribution in [2.75, 3.05) is 13.2 Å². The molecule has 2 heteroatoms. The van der Waals surface area contributed by atoms with Crippen LogP contribution in [0.15, 0.2) is 11.1 Å². The fourth-order valence-corrected chi connectivity index (χ4v) is 0.485. The van der Waals surface area contributed by atoms with Crippen molar-refractivity contribution in [2.24, 2.45) is 0 Å². The lowest BCUT2D eigenvalue weighted by Crippen LogP contribution is -1.90. The molecule has 0 saturated carbocycles. The Labute approximate surface area is 58.9 Å². The first-order valence-corrected chi connectivity index (χ1v) is 3.66. The molecule has 0 amide bonds. The fraction of sp³-hybridized carbons (Fsp3) is 0.667. The molecule has 0 atom stereocenters. The molecule has 0 spiro atoms. The summed E-state index contributed by atoms with van der Waals surface area (Å²) in [5, 5.41) is 0. The van der Waals surface area contributed by atoms with Crippen molar-refractivity contribution in [3.63, 3.8) is 0 Å². The van der Waals surface area contributed by atoms with Crippen molar-refractivity contribution in [2.45, 2.75) is 13.3 Å². The van der Waals surface area contributed by atoms with E-state index in [0.717, 1.165) is 19.6 Å². The van der Waals surface area contributed by atoms with Crippen LogP contribution < -0.4 is 0 Å². The Morgan fingerprint density at radius 3 is 2.88 bits per heavy atom. The predicted octanol–water partition coefficient (Wildman–Crippen LogP) is 2.32. The van der Waals surface area contributed by atoms with E-state index >= 15 is 0 Å². The van der Waals surface area contributed by atoms with Gasteiger partial charge in [0, 0.05) is 6.61 Å². The average molecular weight is 179 g/mol. The topological polar surface area (TPSA) is 9.23 Å². The van der Waals surface area contributed by atoms with E-state index in [1.165, 1.54) is 0 Å². The fourth-order valence-electron chi connectivity index (χ4n) is 0.332. The monoisotopic (exact) mass is 178 g/mol. The van der Waals surface area contributed by atoms with E-state index in [-0.39, 0.29) is 0 Å². The molecule has 0 unspecified atom stereocenters. The number of halogens is 1. The Morgan fingerprint density at radius 1 is 1.62 bits per heavy atom. The van der Waals surface area contributed by atoms with E-state index in [2.05, 4.69) is 22.9 Å². The van der Waals surface area contributed by atoms with Crippen LogP contribution in [0.4, 0.5) is 0 Å². The van der Waals surface area contributed by atoms with Crippen LogP contribution in [-0.4, -0.2) is 13.2 Å². The van der Waals surface area contributed by atoms with Crippen LogP contribution in [0.1, 0.15) is 13.3 Å². The zero-order valence-corrected chi connectivity index (χ0v) is 6.65. The highest BCUT2D eigenvalue weighted by Gasteiger charge is 1.76. The third-order valence-corrected chi connectivity index (χ3v) is 1.03. The lowest BCUT2D eigenvalue weighted by molar-refractivity contribution is 0.163. The minimum atomic E-state index is 0.721. The summed E-state index contributed by atoms with van der Waals surface area (Å²) in [5.41, 5.74) is 0. The molecule has 0 radical (unpaired) electrons. The van der Waals surface area contributed by atoms with Gasteiger partial charge in [0.05, 0.1) is 6.61 Å². The first-order chi connectivity index (χ1) is 3.91. The van der Waals surface area contributed by atoms with Gasteiger partial charge in [0.1, 0.15) is 0 Å². The first kappa shape index (κ1) is 8.18. The van der Waals surface area contributed by atoms with Crippen LogP contribution in [-0.2, 0) is 4.74 Å². The second-order valence-corrected chi connectivity index (χ2v) is 1.97. The summed E-state index contributed by atoms with van der Waals surface area (Å²) < 4.78 is 5.11. The van der Waals surface area contributed by atoms with Gasteiger partial charge < -0.3 is 4.74 Å². The zero-order valence-electron chi connectivity index (χ0n) is 5.06. The van der Waals surface area contributed by atoms with E-state index in [0.29, 0.717) is 0 Å². The summed E-state index contributed by atoms with van der Waals surface area (Å²) in [6.07, 6.45) is 3.02. The maximum absolute atomic E-state index is 5.11. The maximum atomic E-state index is 5.11. The van der Waals surface area contributed by atoms with Gasteiger partial charge >= 0.3 is 0 Å². The average Bonchev–Trinajstić information content (AvgIpc) is 1.81. The van der Waals surface area contributed by atoms with Gasteiger partial charge in [0.15, 0.2) is 0 Å². The minimum absolute atomic E-state index is 0.721. The molecular weight excluding hydrogens is 168 g/mol. The van der Waals surface area contributed by atoms with Crippen molar-refractivity contribution < 1.29 is 4.74 Å². The minimum Gasteiger partial charge on any atom is -0.377 e. The van der Waals surface area contributed by atoms with Crippen LogP contribution in [0.3, 0.4) is 0 Å². The Bertz CT molecular complexity index is 61.5. The lowest BCUT2D eigenvalue weighted by atomic mass is 10.5. The molecule has 0 bridgehead atoms. The van der Waals surface area contributed by atoms with Crippen molar-refractivity contribution in [1.82, 2.24) is 0 Å².